The Morgan fingerprint density at radius 1 is 1.07 bits per heavy atom. The average molecular weight is 384 g/mol. The minimum atomic E-state index is -3.82. The van der Waals surface area contributed by atoms with Crippen LogP contribution in [0.25, 0.3) is 0 Å². The smallest absolute Gasteiger partial charge is 0.261 e. The number of amides is 1. The van der Waals surface area contributed by atoms with Crippen LogP contribution in [0.5, 0.6) is 0 Å². The molecule has 0 aliphatic rings. The Bertz CT molecular complexity index is 1100. The van der Waals surface area contributed by atoms with Crippen molar-refractivity contribution < 1.29 is 13.2 Å². The normalized spacial score (nSPS) is 11.2. The van der Waals surface area contributed by atoms with E-state index in [4.69, 9.17) is 0 Å². The van der Waals surface area contributed by atoms with Crippen LogP contribution in [0, 0.1) is 13.8 Å². The Labute approximate surface area is 158 Å². The van der Waals surface area contributed by atoms with Gasteiger partial charge in [-0.05, 0) is 49.2 Å². The largest absolute Gasteiger partial charge is 0.305 e. The highest BCUT2D eigenvalue weighted by Crippen LogP contribution is 2.20. The van der Waals surface area contributed by atoms with E-state index in [1.165, 1.54) is 12.1 Å². The van der Waals surface area contributed by atoms with Crippen molar-refractivity contribution in [1.82, 2.24) is 9.78 Å². The minimum Gasteiger partial charge on any atom is -0.305 e. The standard InChI is InChI=1S/C19H20N4O3S/c1-13-5-4-6-15(11-13)22-27(25,26)16-8-7-14(2)17(12-16)19(24)20-18-9-10-23(3)21-18/h4-12,22H,1-3H3,(H,20,21,24). The fraction of sp³-hybridized carbons (Fsp3) is 0.158. The van der Waals surface area contributed by atoms with Gasteiger partial charge in [0.05, 0.1) is 4.90 Å². The number of sulfonamides is 1. The molecule has 8 heteroatoms. The molecule has 1 amide bonds. The Balaban J connectivity index is 1.88. The van der Waals surface area contributed by atoms with Gasteiger partial charge < -0.3 is 5.32 Å². The molecule has 2 aromatic carbocycles. The van der Waals surface area contributed by atoms with Crippen molar-refractivity contribution in [3.05, 3.63) is 71.4 Å². The molecule has 0 aliphatic carbocycles. The Morgan fingerprint density at radius 3 is 2.52 bits per heavy atom. The number of aryl methyl sites for hydroxylation is 3. The third-order valence-corrected chi connectivity index (χ3v) is 5.37. The van der Waals surface area contributed by atoms with Crippen molar-refractivity contribution in [2.45, 2.75) is 18.7 Å². The highest BCUT2D eigenvalue weighted by Gasteiger charge is 2.19. The summed E-state index contributed by atoms with van der Waals surface area (Å²) in [4.78, 5) is 12.6. The first kappa shape index (κ1) is 18.7. The quantitative estimate of drug-likeness (QED) is 0.707. The molecular formula is C19H20N4O3S. The van der Waals surface area contributed by atoms with E-state index in [1.807, 2.05) is 13.0 Å². The van der Waals surface area contributed by atoms with Crippen LogP contribution in [0.2, 0.25) is 0 Å². The molecule has 3 aromatic rings. The summed E-state index contributed by atoms with van der Waals surface area (Å²) in [6.45, 7) is 3.63. The molecule has 0 atom stereocenters. The van der Waals surface area contributed by atoms with Crippen molar-refractivity contribution in [2.24, 2.45) is 7.05 Å². The number of carbonyl (C=O) groups is 1. The van der Waals surface area contributed by atoms with Crippen molar-refractivity contribution in [2.75, 3.05) is 10.0 Å². The van der Waals surface area contributed by atoms with E-state index in [0.717, 1.165) is 5.56 Å². The highest BCUT2D eigenvalue weighted by molar-refractivity contribution is 7.92. The maximum Gasteiger partial charge on any atom is 0.261 e. The lowest BCUT2D eigenvalue weighted by Gasteiger charge is -2.11. The number of aromatic nitrogens is 2. The lowest BCUT2D eigenvalue weighted by atomic mass is 10.1. The molecule has 0 aliphatic heterocycles. The Kier molecular flexibility index (Phi) is 5.00. The van der Waals surface area contributed by atoms with E-state index >= 15 is 0 Å². The fourth-order valence-corrected chi connectivity index (χ4v) is 3.68. The predicted molar refractivity (Wildman–Crippen MR) is 104 cm³/mol. The van der Waals surface area contributed by atoms with E-state index < -0.39 is 15.9 Å². The summed E-state index contributed by atoms with van der Waals surface area (Å²) in [5.41, 5.74) is 2.34. The van der Waals surface area contributed by atoms with Crippen LogP contribution in [-0.4, -0.2) is 24.1 Å². The number of rotatable bonds is 5. The van der Waals surface area contributed by atoms with Gasteiger partial charge in [-0.15, -0.1) is 0 Å². The molecule has 0 saturated carbocycles. The van der Waals surface area contributed by atoms with Gasteiger partial charge in [0, 0.05) is 30.6 Å². The molecular weight excluding hydrogens is 364 g/mol. The van der Waals surface area contributed by atoms with Crippen LogP contribution in [-0.2, 0) is 17.1 Å². The first-order valence-electron chi connectivity index (χ1n) is 8.26. The van der Waals surface area contributed by atoms with Crippen LogP contribution in [0.1, 0.15) is 21.5 Å². The van der Waals surface area contributed by atoms with Crippen LogP contribution < -0.4 is 10.0 Å². The van der Waals surface area contributed by atoms with E-state index in [0.29, 0.717) is 17.1 Å². The second-order valence-corrected chi connectivity index (χ2v) is 7.96. The zero-order valence-electron chi connectivity index (χ0n) is 15.2. The van der Waals surface area contributed by atoms with Crippen molar-refractivity contribution >= 4 is 27.4 Å². The number of nitrogens with zero attached hydrogens (tertiary/aromatic N) is 2. The van der Waals surface area contributed by atoms with Gasteiger partial charge in [-0.2, -0.15) is 5.10 Å². The fourth-order valence-electron chi connectivity index (χ4n) is 2.60. The maximum absolute atomic E-state index is 12.7. The second kappa shape index (κ2) is 7.24. The van der Waals surface area contributed by atoms with Gasteiger partial charge in [-0.1, -0.05) is 18.2 Å². The molecule has 0 radical (unpaired) electrons. The number of anilines is 2. The second-order valence-electron chi connectivity index (χ2n) is 6.28. The van der Waals surface area contributed by atoms with Crippen molar-refractivity contribution in [3.63, 3.8) is 0 Å². The SMILES string of the molecule is Cc1cccc(NS(=O)(=O)c2ccc(C)c(C(=O)Nc3ccn(C)n3)c2)c1. The number of hydrogen-bond donors (Lipinski definition) is 2. The number of carbonyl (C=O) groups excluding carboxylic acids is 1. The van der Waals surface area contributed by atoms with E-state index in [2.05, 4.69) is 15.1 Å². The van der Waals surface area contributed by atoms with Crippen LogP contribution >= 0.6 is 0 Å². The zero-order chi connectivity index (χ0) is 19.6. The molecule has 0 saturated heterocycles. The topological polar surface area (TPSA) is 93.1 Å². The summed E-state index contributed by atoms with van der Waals surface area (Å²) >= 11 is 0. The Morgan fingerprint density at radius 2 is 1.85 bits per heavy atom. The molecule has 0 unspecified atom stereocenters. The summed E-state index contributed by atoms with van der Waals surface area (Å²) in [6.07, 6.45) is 1.70. The van der Waals surface area contributed by atoms with E-state index in [9.17, 15) is 13.2 Å². The molecule has 2 N–H and O–H groups in total. The summed E-state index contributed by atoms with van der Waals surface area (Å²) in [6, 6.07) is 13.2. The lowest BCUT2D eigenvalue weighted by molar-refractivity contribution is 0.102. The highest BCUT2D eigenvalue weighted by atomic mass is 32.2. The molecule has 0 bridgehead atoms. The summed E-state index contributed by atoms with van der Waals surface area (Å²) in [5, 5.41) is 6.76. The molecule has 0 fully saturated rings. The van der Waals surface area contributed by atoms with Gasteiger partial charge in [-0.3, -0.25) is 14.2 Å². The van der Waals surface area contributed by atoms with Gasteiger partial charge in [0.1, 0.15) is 0 Å². The van der Waals surface area contributed by atoms with Gasteiger partial charge in [0.15, 0.2) is 5.82 Å². The summed E-state index contributed by atoms with van der Waals surface area (Å²) < 4.78 is 29.5. The molecule has 1 aromatic heterocycles. The van der Waals surface area contributed by atoms with Crippen LogP contribution in [0.3, 0.4) is 0 Å². The van der Waals surface area contributed by atoms with Crippen LogP contribution in [0.15, 0.2) is 59.6 Å². The molecule has 0 spiro atoms. The van der Waals surface area contributed by atoms with E-state index in [1.54, 1.807) is 55.2 Å². The monoisotopic (exact) mass is 384 g/mol. The van der Waals surface area contributed by atoms with Gasteiger partial charge in [0.25, 0.3) is 15.9 Å². The zero-order valence-corrected chi connectivity index (χ0v) is 16.0. The molecule has 1 heterocycles. The first-order chi connectivity index (χ1) is 12.7. The Hall–Kier alpha value is -3.13. The average Bonchev–Trinajstić information content (AvgIpc) is 2.99. The predicted octanol–water partition coefficient (Wildman–Crippen LogP) is 3.09. The third kappa shape index (κ3) is 4.35. The number of nitrogens with one attached hydrogen (secondary N) is 2. The van der Waals surface area contributed by atoms with Gasteiger partial charge >= 0.3 is 0 Å². The molecule has 3 rings (SSSR count). The van der Waals surface area contributed by atoms with Crippen molar-refractivity contribution in [1.29, 1.82) is 0 Å². The minimum absolute atomic E-state index is 0.0146. The lowest BCUT2D eigenvalue weighted by Crippen LogP contribution is -2.17. The summed E-state index contributed by atoms with van der Waals surface area (Å²) in [7, 11) is -2.08. The molecule has 7 nitrogen and oxygen atoms in total. The van der Waals surface area contributed by atoms with Crippen LogP contribution in [0.4, 0.5) is 11.5 Å². The number of benzene rings is 2. The first-order valence-corrected chi connectivity index (χ1v) is 9.74. The molecule has 27 heavy (non-hydrogen) atoms. The van der Waals surface area contributed by atoms with Gasteiger partial charge in [-0.25, -0.2) is 8.42 Å². The van der Waals surface area contributed by atoms with Gasteiger partial charge in [0.2, 0.25) is 0 Å². The third-order valence-electron chi connectivity index (χ3n) is 3.99. The summed E-state index contributed by atoms with van der Waals surface area (Å²) in [5.74, 6) is -0.0214. The van der Waals surface area contributed by atoms with Crippen molar-refractivity contribution in [3.8, 4) is 0 Å². The maximum atomic E-state index is 12.7. The number of hydrogen-bond acceptors (Lipinski definition) is 4. The molecule has 140 valence electrons. The van der Waals surface area contributed by atoms with E-state index in [-0.39, 0.29) is 10.5 Å².